The standard InChI is InChI=1S/C32H39NO15/c1-13-14(2)27(40)47-25-22(45-16(4)35)26(46-17(5)36)31(12-43-15(3)34)24(39)21(37)19-23(38)32(31,30(25,7)42)48-29(19,6)11-44-28(41)18-9-8-10-33-20(13)18/h8-10,13-14,19,22-26,38-39,42H,11-12H2,1-7H3. The summed E-state index contributed by atoms with van der Waals surface area (Å²) in [6, 6.07) is 2.90. The molecular formula is C32H39NO15. The van der Waals surface area contributed by atoms with E-state index in [1.165, 1.54) is 32.2 Å². The summed E-state index contributed by atoms with van der Waals surface area (Å²) < 4.78 is 34.7. The van der Waals surface area contributed by atoms with Crippen molar-refractivity contribution in [2.75, 3.05) is 13.2 Å². The van der Waals surface area contributed by atoms with Crippen molar-refractivity contribution < 1.29 is 72.5 Å². The predicted octanol–water partition coefficient (Wildman–Crippen LogP) is -0.471. The number of aliphatic hydroxyl groups excluding tert-OH is 2. The van der Waals surface area contributed by atoms with Crippen molar-refractivity contribution >= 4 is 35.6 Å². The van der Waals surface area contributed by atoms with Gasteiger partial charge in [-0.3, -0.25) is 29.0 Å². The maximum Gasteiger partial charge on any atom is 0.340 e. The van der Waals surface area contributed by atoms with E-state index in [9.17, 15) is 44.1 Å². The molecule has 0 radical (unpaired) electrons. The number of aliphatic hydroxyl groups is 3. The quantitative estimate of drug-likeness (QED) is 0.270. The van der Waals surface area contributed by atoms with Crippen LogP contribution in [0.3, 0.4) is 0 Å². The van der Waals surface area contributed by atoms with Gasteiger partial charge in [-0.05, 0) is 26.0 Å². The number of hydrogen-bond donors (Lipinski definition) is 3. The first-order valence-corrected chi connectivity index (χ1v) is 15.4. The summed E-state index contributed by atoms with van der Waals surface area (Å²) >= 11 is 0. The molecule has 0 amide bonds. The molecule has 3 heterocycles. The van der Waals surface area contributed by atoms with Crippen molar-refractivity contribution in [3.8, 4) is 0 Å². The van der Waals surface area contributed by atoms with Gasteiger partial charge >= 0.3 is 29.8 Å². The zero-order chi connectivity index (χ0) is 35.7. The van der Waals surface area contributed by atoms with Gasteiger partial charge in [0.2, 0.25) is 0 Å². The molecule has 0 aromatic carbocycles. The van der Waals surface area contributed by atoms with Crippen LogP contribution in [0.25, 0.3) is 0 Å². The van der Waals surface area contributed by atoms with Crippen molar-refractivity contribution in [1.82, 2.24) is 4.98 Å². The number of hydrogen-bond acceptors (Lipinski definition) is 16. The number of esters is 5. The first kappa shape index (κ1) is 35.3. The summed E-state index contributed by atoms with van der Waals surface area (Å²) in [7, 11) is 0. The molecule has 1 aromatic heterocycles. The van der Waals surface area contributed by atoms with E-state index in [1.807, 2.05) is 0 Å². The normalized spacial score (nSPS) is 42.1. The first-order chi connectivity index (χ1) is 22.3. The fourth-order valence-electron chi connectivity index (χ4n) is 8.11. The molecule has 2 saturated carbocycles. The first-order valence-electron chi connectivity index (χ1n) is 15.4. The van der Waals surface area contributed by atoms with Crippen LogP contribution in [-0.4, -0.2) is 116 Å². The van der Waals surface area contributed by atoms with E-state index in [1.54, 1.807) is 6.92 Å². The SMILES string of the molecule is CC(=O)OCC12C(O)C(=O)C3C(O)C14OC3(C)COC(=O)c1cccnc1C(C)C(C)C(=O)OC(C(OC(C)=O)C2OC(C)=O)C4(C)O. The fraction of sp³-hybridized carbons (Fsp3) is 0.656. The molecule has 48 heavy (non-hydrogen) atoms. The van der Waals surface area contributed by atoms with Gasteiger partial charge in [-0.25, -0.2) is 4.79 Å². The molecule has 5 rings (SSSR count). The van der Waals surface area contributed by atoms with Crippen LogP contribution in [0.5, 0.6) is 0 Å². The number of aromatic nitrogens is 1. The largest absolute Gasteiger partial charge is 0.465 e. The summed E-state index contributed by atoms with van der Waals surface area (Å²) in [6.07, 6.45) is -9.08. The number of rotatable bonds is 4. The van der Waals surface area contributed by atoms with Gasteiger partial charge in [-0.1, -0.05) is 13.8 Å². The highest BCUT2D eigenvalue weighted by atomic mass is 16.6. The Labute approximate surface area is 275 Å². The van der Waals surface area contributed by atoms with Crippen LogP contribution in [-0.2, 0) is 52.4 Å². The second kappa shape index (κ2) is 11.9. The average Bonchev–Trinajstić information content (AvgIpc) is 3.22. The van der Waals surface area contributed by atoms with E-state index in [2.05, 4.69) is 4.98 Å². The molecule has 4 aliphatic rings. The van der Waals surface area contributed by atoms with E-state index in [0.717, 1.165) is 27.7 Å². The van der Waals surface area contributed by atoms with Crippen LogP contribution in [0.1, 0.15) is 70.4 Å². The average molecular weight is 678 g/mol. The molecule has 2 aliphatic heterocycles. The Balaban J connectivity index is 1.86. The molecule has 3 N–H and O–H groups in total. The second-order valence-electron chi connectivity index (χ2n) is 13.4. The van der Waals surface area contributed by atoms with Gasteiger partial charge in [0.05, 0.1) is 29.2 Å². The lowest BCUT2D eigenvalue weighted by molar-refractivity contribution is -0.376. The van der Waals surface area contributed by atoms with Gasteiger partial charge in [-0.15, -0.1) is 0 Å². The number of Topliss-reactive ketones (excluding diaryl/α,β-unsaturated/α-hetero) is 1. The highest BCUT2D eigenvalue weighted by Gasteiger charge is 2.89. The van der Waals surface area contributed by atoms with Crippen molar-refractivity contribution in [2.24, 2.45) is 17.3 Å². The molecule has 16 heteroatoms. The molecule has 1 aromatic rings. The third kappa shape index (κ3) is 4.82. The van der Waals surface area contributed by atoms with E-state index >= 15 is 0 Å². The summed E-state index contributed by atoms with van der Waals surface area (Å²) in [5, 5.41) is 36.9. The highest BCUT2D eigenvalue weighted by molar-refractivity contribution is 5.93. The topological polar surface area (TPSA) is 231 Å². The van der Waals surface area contributed by atoms with Crippen LogP contribution in [0.4, 0.5) is 0 Å². The number of pyridine rings is 1. The Bertz CT molecular complexity index is 1560. The second-order valence-corrected chi connectivity index (χ2v) is 13.4. The van der Waals surface area contributed by atoms with Crippen molar-refractivity contribution in [3.05, 3.63) is 29.6 Å². The monoisotopic (exact) mass is 677 g/mol. The molecule has 16 nitrogen and oxygen atoms in total. The summed E-state index contributed by atoms with van der Waals surface area (Å²) in [6.45, 7) is 6.61. The Kier molecular flexibility index (Phi) is 8.73. The molecule has 12 atom stereocenters. The van der Waals surface area contributed by atoms with Gasteiger partial charge in [0.1, 0.15) is 41.5 Å². The molecule has 3 fully saturated rings. The molecule has 262 valence electrons. The number of carbonyl (C=O) groups excluding carboxylic acids is 6. The fourth-order valence-corrected chi connectivity index (χ4v) is 8.11. The van der Waals surface area contributed by atoms with Crippen molar-refractivity contribution in [2.45, 2.75) is 102 Å². The lowest BCUT2D eigenvalue weighted by Gasteiger charge is -2.66. The molecule has 1 saturated heterocycles. The number of ketones is 1. The van der Waals surface area contributed by atoms with Gasteiger partial charge in [0.25, 0.3) is 0 Å². The van der Waals surface area contributed by atoms with Crippen LogP contribution >= 0.6 is 0 Å². The Morgan fingerprint density at radius 2 is 1.65 bits per heavy atom. The predicted molar refractivity (Wildman–Crippen MR) is 156 cm³/mol. The van der Waals surface area contributed by atoms with Crippen LogP contribution < -0.4 is 0 Å². The van der Waals surface area contributed by atoms with Crippen molar-refractivity contribution in [3.63, 3.8) is 0 Å². The number of ether oxygens (including phenoxy) is 6. The highest BCUT2D eigenvalue weighted by Crippen LogP contribution is 2.67. The number of fused-ring (bicyclic) bond motifs is 5. The van der Waals surface area contributed by atoms with Crippen LogP contribution in [0, 0.1) is 17.3 Å². The minimum absolute atomic E-state index is 0.0135. The summed E-state index contributed by atoms with van der Waals surface area (Å²) in [5.41, 5.74) is -9.91. The van der Waals surface area contributed by atoms with E-state index in [-0.39, 0.29) is 11.3 Å². The van der Waals surface area contributed by atoms with Crippen LogP contribution in [0.2, 0.25) is 0 Å². The van der Waals surface area contributed by atoms with Crippen LogP contribution in [0.15, 0.2) is 18.3 Å². The maximum atomic E-state index is 14.2. The molecule has 2 aliphatic carbocycles. The summed E-state index contributed by atoms with van der Waals surface area (Å²) in [4.78, 5) is 83.5. The lowest BCUT2D eigenvalue weighted by atomic mass is 9.45. The number of carbonyl (C=O) groups is 6. The maximum absolute atomic E-state index is 14.2. The zero-order valence-electron chi connectivity index (χ0n) is 27.5. The smallest absolute Gasteiger partial charge is 0.340 e. The summed E-state index contributed by atoms with van der Waals surface area (Å²) in [5.74, 6) is -9.64. The molecule has 1 spiro atoms. The minimum Gasteiger partial charge on any atom is -0.465 e. The van der Waals surface area contributed by atoms with Crippen molar-refractivity contribution in [1.29, 1.82) is 0 Å². The molecule has 4 bridgehead atoms. The number of nitrogens with zero attached hydrogens (tertiary/aromatic N) is 1. The third-order valence-electron chi connectivity index (χ3n) is 10.4. The van der Waals surface area contributed by atoms with E-state index in [0.29, 0.717) is 0 Å². The van der Waals surface area contributed by atoms with Gasteiger partial charge < -0.3 is 43.7 Å². The Morgan fingerprint density at radius 3 is 2.25 bits per heavy atom. The Morgan fingerprint density at radius 1 is 1.00 bits per heavy atom. The minimum atomic E-state index is -2.73. The van der Waals surface area contributed by atoms with Gasteiger partial charge in [0, 0.05) is 32.9 Å². The lowest BCUT2D eigenvalue weighted by Crippen LogP contribution is -2.88. The number of cyclic esters (lactones) is 1. The van der Waals surface area contributed by atoms with Gasteiger partial charge in [-0.2, -0.15) is 0 Å². The zero-order valence-corrected chi connectivity index (χ0v) is 27.5. The third-order valence-corrected chi connectivity index (χ3v) is 10.4. The molecule has 12 unspecified atom stereocenters. The molecular weight excluding hydrogens is 638 g/mol. The van der Waals surface area contributed by atoms with E-state index in [4.69, 9.17) is 28.4 Å². The van der Waals surface area contributed by atoms with Gasteiger partial charge in [0.15, 0.2) is 24.1 Å². The van der Waals surface area contributed by atoms with E-state index < -0.39 is 119 Å². The Hall–Kier alpha value is -3.99.